The van der Waals surface area contributed by atoms with E-state index in [4.69, 9.17) is 0 Å². The number of halogens is 1. The fourth-order valence-electron chi connectivity index (χ4n) is 1.34. The third-order valence-corrected chi connectivity index (χ3v) is 2.14. The van der Waals surface area contributed by atoms with E-state index in [1.807, 2.05) is 0 Å². The van der Waals surface area contributed by atoms with Gasteiger partial charge in [0.1, 0.15) is 5.83 Å². The lowest BCUT2D eigenvalue weighted by Gasteiger charge is -2.35. The molecule has 2 aliphatic rings. The maximum Gasteiger partial charge on any atom is 0.117 e. The summed E-state index contributed by atoms with van der Waals surface area (Å²) >= 11 is 0. The first-order valence-corrected chi connectivity index (χ1v) is 3.69. The molecule has 1 saturated heterocycles. The summed E-state index contributed by atoms with van der Waals surface area (Å²) in [5, 5.41) is 3.16. The molecule has 0 aliphatic carbocycles. The number of nitrogens with zero attached hydrogens (tertiary/aromatic N) is 1. The molecule has 0 spiro atoms. The highest BCUT2D eigenvalue weighted by atomic mass is 19.1. The van der Waals surface area contributed by atoms with Crippen LogP contribution in [0.2, 0.25) is 0 Å². The molecule has 1 fully saturated rings. The zero-order chi connectivity index (χ0) is 6.97. The van der Waals surface area contributed by atoms with Crippen molar-refractivity contribution in [1.82, 2.24) is 10.2 Å². The lowest BCUT2D eigenvalue weighted by atomic mass is 10.1. The van der Waals surface area contributed by atoms with Crippen molar-refractivity contribution in [3.63, 3.8) is 0 Å². The van der Waals surface area contributed by atoms with Crippen molar-refractivity contribution in [2.45, 2.75) is 12.5 Å². The molecule has 2 nitrogen and oxygen atoms in total. The Morgan fingerprint density at radius 2 is 2.40 bits per heavy atom. The number of nitrogens with one attached hydrogen (secondary N) is 1. The van der Waals surface area contributed by atoms with Crippen molar-refractivity contribution in [1.29, 1.82) is 0 Å². The number of hydrogen-bond donors (Lipinski definition) is 1. The van der Waals surface area contributed by atoms with E-state index in [0.29, 0.717) is 12.5 Å². The summed E-state index contributed by atoms with van der Waals surface area (Å²) in [7, 11) is 0. The van der Waals surface area contributed by atoms with Gasteiger partial charge in [-0.3, -0.25) is 0 Å². The fourth-order valence-corrected chi connectivity index (χ4v) is 1.34. The molecule has 10 heavy (non-hydrogen) atoms. The van der Waals surface area contributed by atoms with Gasteiger partial charge in [0.05, 0.1) is 6.04 Å². The topological polar surface area (TPSA) is 15.3 Å². The standard InChI is InChI=1S/C7H11FN2/c8-6-1-2-10(5-6)7-3-9-4-7/h5,7,9H,1-4H2. The van der Waals surface area contributed by atoms with Gasteiger partial charge < -0.3 is 10.2 Å². The molecule has 2 rings (SSSR count). The van der Waals surface area contributed by atoms with E-state index in [-0.39, 0.29) is 5.83 Å². The third kappa shape index (κ3) is 0.904. The van der Waals surface area contributed by atoms with Crippen LogP contribution < -0.4 is 5.32 Å². The summed E-state index contributed by atoms with van der Waals surface area (Å²) in [6.07, 6.45) is 2.25. The monoisotopic (exact) mass is 142 g/mol. The number of hydrogen-bond acceptors (Lipinski definition) is 2. The van der Waals surface area contributed by atoms with Gasteiger partial charge in [0.2, 0.25) is 0 Å². The van der Waals surface area contributed by atoms with Crippen LogP contribution in [-0.2, 0) is 0 Å². The first-order valence-electron chi connectivity index (χ1n) is 3.69. The Morgan fingerprint density at radius 1 is 1.60 bits per heavy atom. The van der Waals surface area contributed by atoms with E-state index in [9.17, 15) is 4.39 Å². The van der Waals surface area contributed by atoms with Crippen LogP contribution in [0.1, 0.15) is 6.42 Å². The van der Waals surface area contributed by atoms with Gasteiger partial charge in [-0.25, -0.2) is 4.39 Å². The molecule has 0 atom stereocenters. The van der Waals surface area contributed by atoms with Crippen molar-refractivity contribution >= 4 is 0 Å². The van der Waals surface area contributed by atoms with Crippen LogP contribution in [0, 0.1) is 0 Å². The molecule has 2 heterocycles. The lowest BCUT2D eigenvalue weighted by molar-refractivity contribution is 0.219. The molecule has 56 valence electrons. The minimum absolute atomic E-state index is 0.0342. The molecule has 1 N–H and O–H groups in total. The second-order valence-electron chi connectivity index (χ2n) is 2.88. The predicted octanol–water partition coefficient (Wildman–Crippen LogP) is 0.475. The van der Waals surface area contributed by atoms with E-state index in [1.165, 1.54) is 0 Å². The van der Waals surface area contributed by atoms with Crippen molar-refractivity contribution in [3.05, 3.63) is 12.0 Å². The van der Waals surface area contributed by atoms with Gasteiger partial charge >= 0.3 is 0 Å². The van der Waals surface area contributed by atoms with Crippen LogP contribution >= 0.6 is 0 Å². The molecular formula is C7H11FN2. The maximum atomic E-state index is 12.5. The smallest absolute Gasteiger partial charge is 0.117 e. The highest BCUT2D eigenvalue weighted by Gasteiger charge is 2.25. The Bertz CT molecular complexity index is 163. The van der Waals surface area contributed by atoms with Gasteiger partial charge in [0.25, 0.3) is 0 Å². The van der Waals surface area contributed by atoms with Crippen LogP contribution in [0.15, 0.2) is 12.0 Å². The van der Waals surface area contributed by atoms with Gasteiger partial charge in [-0.15, -0.1) is 0 Å². The molecule has 0 unspecified atom stereocenters. The van der Waals surface area contributed by atoms with Gasteiger partial charge in [0.15, 0.2) is 0 Å². The van der Waals surface area contributed by atoms with Crippen LogP contribution in [0.5, 0.6) is 0 Å². The lowest BCUT2D eigenvalue weighted by Crippen LogP contribution is -2.54. The summed E-state index contributed by atoms with van der Waals surface area (Å²) < 4.78 is 12.5. The molecule has 0 aromatic rings. The van der Waals surface area contributed by atoms with E-state index >= 15 is 0 Å². The Labute approximate surface area is 59.7 Å². The van der Waals surface area contributed by atoms with Crippen molar-refractivity contribution in [2.75, 3.05) is 19.6 Å². The number of rotatable bonds is 1. The molecule has 0 bridgehead atoms. The maximum absolute atomic E-state index is 12.5. The molecule has 0 radical (unpaired) electrons. The summed E-state index contributed by atoms with van der Waals surface area (Å²) in [4.78, 5) is 2.09. The van der Waals surface area contributed by atoms with Crippen molar-refractivity contribution < 1.29 is 4.39 Å². The molecule has 0 aromatic heterocycles. The molecule has 0 aromatic carbocycles. The summed E-state index contributed by atoms with van der Waals surface area (Å²) in [5.74, 6) is 0.0342. The molecule has 0 amide bonds. The Kier molecular flexibility index (Phi) is 1.38. The Balaban J connectivity index is 1.94. The van der Waals surface area contributed by atoms with Crippen LogP contribution in [-0.4, -0.2) is 30.6 Å². The average molecular weight is 142 g/mol. The van der Waals surface area contributed by atoms with Gasteiger partial charge in [-0.05, 0) is 0 Å². The molecule has 3 heteroatoms. The SMILES string of the molecule is FC1=CN(C2CNC2)CC1. The van der Waals surface area contributed by atoms with E-state index in [2.05, 4.69) is 10.2 Å². The quantitative estimate of drug-likeness (QED) is 0.572. The van der Waals surface area contributed by atoms with E-state index in [0.717, 1.165) is 19.6 Å². The largest absolute Gasteiger partial charge is 0.369 e. The third-order valence-electron chi connectivity index (χ3n) is 2.14. The zero-order valence-electron chi connectivity index (χ0n) is 5.81. The second-order valence-corrected chi connectivity index (χ2v) is 2.88. The predicted molar refractivity (Wildman–Crippen MR) is 37.2 cm³/mol. The first-order chi connectivity index (χ1) is 4.86. The van der Waals surface area contributed by atoms with E-state index < -0.39 is 0 Å². The zero-order valence-corrected chi connectivity index (χ0v) is 5.81. The minimum atomic E-state index is 0.0342. The van der Waals surface area contributed by atoms with Gasteiger partial charge in [-0.1, -0.05) is 0 Å². The van der Waals surface area contributed by atoms with Crippen LogP contribution in [0.4, 0.5) is 4.39 Å². The highest BCUT2D eigenvalue weighted by Crippen LogP contribution is 2.18. The Morgan fingerprint density at radius 3 is 2.80 bits per heavy atom. The Hall–Kier alpha value is -0.570. The average Bonchev–Trinajstić information content (AvgIpc) is 2.10. The van der Waals surface area contributed by atoms with Crippen molar-refractivity contribution in [3.8, 4) is 0 Å². The normalized spacial score (nSPS) is 26.5. The van der Waals surface area contributed by atoms with Crippen molar-refractivity contribution in [2.24, 2.45) is 0 Å². The summed E-state index contributed by atoms with van der Waals surface area (Å²) in [5.41, 5.74) is 0. The first kappa shape index (κ1) is 6.16. The van der Waals surface area contributed by atoms with E-state index in [1.54, 1.807) is 6.20 Å². The van der Waals surface area contributed by atoms with Crippen LogP contribution in [0.3, 0.4) is 0 Å². The second kappa shape index (κ2) is 2.23. The van der Waals surface area contributed by atoms with Gasteiger partial charge in [0, 0.05) is 32.3 Å². The van der Waals surface area contributed by atoms with Crippen LogP contribution in [0.25, 0.3) is 0 Å². The molecular weight excluding hydrogens is 131 g/mol. The summed E-state index contributed by atoms with van der Waals surface area (Å²) in [6, 6.07) is 0.563. The molecule has 2 aliphatic heterocycles. The molecule has 0 saturated carbocycles. The minimum Gasteiger partial charge on any atom is -0.369 e. The van der Waals surface area contributed by atoms with Gasteiger partial charge in [-0.2, -0.15) is 0 Å². The fraction of sp³-hybridized carbons (Fsp3) is 0.714. The summed E-state index contributed by atoms with van der Waals surface area (Å²) in [6.45, 7) is 2.91. The highest BCUT2D eigenvalue weighted by molar-refractivity contribution is 5.03.